The summed E-state index contributed by atoms with van der Waals surface area (Å²) in [5, 5.41) is 16.0. The lowest BCUT2D eigenvalue weighted by Crippen LogP contribution is -2.71. The zero-order chi connectivity index (χ0) is 32.1. The molecule has 2 aromatic heterocycles. The molecule has 2 aromatic rings. The quantitative estimate of drug-likeness (QED) is 0.0891. The molecular formula is C29H32N6O8S2. The van der Waals surface area contributed by atoms with Gasteiger partial charge in [0.25, 0.3) is 11.8 Å². The second-order valence-corrected chi connectivity index (χ2v) is 12.5. The van der Waals surface area contributed by atoms with Gasteiger partial charge in [0.1, 0.15) is 28.9 Å². The van der Waals surface area contributed by atoms with Crippen molar-refractivity contribution in [1.82, 2.24) is 20.2 Å². The number of oxime groups is 1. The summed E-state index contributed by atoms with van der Waals surface area (Å²) in [4.78, 5) is 61.7. The minimum Gasteiger partial charge on any atom is -0.431 e. The molecule has 5 rings (SSSR count). The average molecular weight is 657 g/mol. The summed E-state index contributed by atoms with van der Waals surface area (Å²) in [5.74, 6) is -2.04. The predicted octanol–water partition coefficient (Wildman–Crippen LogP) is 3.35. The lowest BCUT2D eigenvalue weighted by atomic mass is 9.98. The number of aryl methyl sites for hydroxylation is 1. The Balaban J connectivity index is 1.33. The fraction of sp³-hybridized carbons (Fsp3) is 0.414. The number of anilines is 1. The zero-order valence-electron chi connectivity index (χ0n) is 24.5. The molecule has 0 aromatic carbocycles. The van der Waals surface area contributed by atoms with Crippen molar-refractivity contribution in [1.29, 1.82) is 0 Å². The van der Waals surface area contributed by atoms with E-state index in [1.807, 2.05) is 13.0 Å². The number of carbonyl (C=O) groups is 4. The highest BCUT2D eigenvalue weighted by molar-refractivity contribution is 8.00. The average Bonchev–Trinajstić information content (AvgIpc) is 3.45. The number of pyridine rings is 1. The van der Waals surface area contributed by atoms with Crippen LogP contribution in [-0.4, -0.2) is 79.3 Å². The summed E-state index contributed by atoms with van der Waals surface area (Å²) in [6, 6.07) is 2.60. The maximum Gasteiger partial charge on any atom is 0.511 e. The van der Waals surface area contributed by atoms with Crippen molar-refractivity contribution in [2.24, 2.45) is 5.16 Å². The van der Waals surface area contributed by atoms with Crippen molar-refractivity contribution in [3.05, 3.63) is 58.0 Å². The van der Waals surface area contributed by atoms with Crippen LogP contribution in [0.2, 0.25) is 0 Å². The van der Waals surface area contributed by atoms with Crippen molar-refractivity contribution in [2.75, 3.05) is 11.5 Å². The number of allylic oxidation sites excluding steroid dienone is 1. The van der Waals surface area contributed by atoms with Crippen molar-refractivity contribution < 1.29 is 38.6 Å². The molecule has 4 heterocycles. The summed E-state index contributed by atoms with van der Waals surface area (Å²) < 4.78 is 16.0. The molecule has 238 valence electrons. The van der Waals surface area contributed by atoms with Gasteiger partial charge in [-0.15, -0.1) is 23.1 Å². The van der Waals surface area contributed by atoms with Crippen LogP contribution in [0.5, 0.6) is 0 Å². The van der Waals surface area contributed by atoms with Gasteiger partial charge in [0.2, 0.25) is 6.29 Å². The normalized spacial score (nSPS) is 21.2. The van der Waals surface area contributed by atoms with E-state index in [4.69, 9.17) is 19.9 Å². The first kappa shape index (κ1) is 32.0. The maximum absolute atomic E-state index is 13.6. The third-order valence-corrected chi connectivity index (χ3v) is 9.40. The summed E-state index contributed by atoms with van der Waals surface area (Å²) >= 11 is 2.38. The smallest absolute Gasteiger partial charge is 0.431 e. The van der Waals surface area contributed by atoms with Crippen molar-refractivity contribution >= 4 is 64.0 Å². The number of hydrogen-bond donors (Lipinski definition) is 3. The number of nitrogens with one attached hydrogen (secondary N) is 1. The molecule has 1 aliphatic carbocycles. The van der Waals surface area contributed by atoms with Crippen molar-refractivity contribution in [2.45, 2.75) is 69.8 Å². The number of thioether (sulfide) groups is 1. The molecule has 0 bridgehead atoms. The molecule has 2 aliphatic heterocycles. The Bertz CT molecular complexity index is 1570. The van der Waals surface area contributed by atoms with Crippen LogP contribution < -0.4 is 11.1 Å². The fourth-order valence-corrected chi connectivity index (χ4v) is 7.02. The predicted molar refractivity (Wildman–Crippen MR) is 165 cm³/mol. The van der Waals surface area contributed by atoms with E-state index in [0.29, 0.717) is 5.57 Å². The molecule has 3 atom stereocenters. The largest absolute Gasteiger partial charge is 0.511 e. The van der Waals surface area contributed by atoms with Crippen LogP contribution in [0.3, 0.4) is 0 Å². The van der Waals surface area contributed by atoms with Gasteiger partial charge in [-0.05, 0) is 49.8 Å². The van der Waals surface area contributed by atoms with E-state index in [-0.39, 0.29) is 28.4 Å². The number of nitrogens with two attached hydrogens (primary N) is 1. The standard InChI is InChI=1S/C29H32N6O8S2/c1-15-17(7-6-12-31-15)10-11-18-13-44-26-22(33-24(36)21(34-40)20-14-45-28(30)32-20)25(37)35(26)23(18)27(38)41-16(2)42-29(39)43-19-8-4-3-5-9-19/h6-7,10-12,14,16,19,22,26,40H,3-5,8-9,13H2,1-2H3,(H2,30,32)(H,33,36)/b11-10-,34-21-/t16?,22-,26-/m1/s1. The van der Waals surface area contributed by atoms with Crippen LogP contribution in [0.15, 0.2) is 46.2 Å². The second kappa shape index (κ2) is 14.1. The molecule has 0 spiro atoms. The van der Waals surface area contributed by atoms with Gasteiger partial charge in [0, 0.05) is 29.9 Å². The molecule has 4 N–H and O–H groups in total. The van der Waals surface area contributed by atoms with Crippen LogP contribution in [0.25, 0.3) is 6.08 Å². The van der Waals surface area contributed by atoms with Gasteiger partial charge in [0.15, 0.2) is 10.8 Å². The van der Waals surface area contributed by atoms with E-state index in [1.54, 1.807) is 24.4 Å². The number of carbonyl (C=O) groups excluding carboxylic acids is 4. The Morgan fingerprint density at radius 3 is 2.69 bits per heavy atom. The third-order valence-electron chi connectivity index (χ3n) is 7.42. The molecular weight excluding hydrogens is 624 g/mol. The Hall–Kier alpha value is -4.44. The van der Waals surface area contributed by atoms with Gasteiger partial charge in [-0.1, -0.05) is 29.8 Å². The number of esters is 1. The highest BCUT2D eigenvalue weighted by Crippen LogP contribution is 2.41. The Kier molecular flexibility index (Phi) is 10.0. The number of amides is 2. The zero-order valence-corrected chi connectivity index (χ0v) is 26.1. The number of aromatic nitrogens is 2. The van der Waals surface area contributed by atoms with Crippen LogP contribution in [0.4, 0.5) is 9.93 Å². The number of thiazole rings is 1. The van der Waals surface area contributed by atoms with E-state index in [1.165, 1.54) is 29.0 Å². The number of nitrogen functional groups attached to an aromatic ring is 1. The summed E-state index contributed by atoms with van der Waals surface area (Å²) in [5.41, 5.74) is 7.28. The summed E-state index contributed by atoms with van der Waals surface area (Å²) in [6.07, 6.45) is 7.18. The number of rotatable bonds is 9. The van der Waals surface area contributed by atoms with Gasteiger partial charge in [-0.2, -0.15) is 0 Å². The number of hydrogen-bond acceptors (Lipinski definition) is 14. The van der Waals surface area contributed by atoms with E-state index >= 15 is 0 Å². The van der Waals surface area contributed by atoms with Crippen molar-refractivity contribution in [3.8, 4) is 0 Å². The number of β-lactam (4-membered cyclic amide) rings is 1. The molecule has 1 unspecified atom stereocenters. The van der Waals surface area contributed by atoms with E-state index in [0.717, 1.165) is 54.7 Å². The first-order valence-electron chi connectivity index (χ1n) is 14.3. The molecule has 1 saturated heterocycles. The molecule has 1 saturated carbocycles. The molecule has 2 fully saturated rings. The maximum atomic E-state index is 13.6. The SMILES string of the molecule is Cc1ncccc1/C=C\C1=C(C(=O)OC(C)OC(=O)OC2CCCCC2)N2C(=O)[C@@H](NC(=O)/C(=N\O)c3csc(N)n3)[C@H]2SC1. The van der Waals surface area contributed by atoms with Crippen LogP contribution in [0, 0.1) is 6.92 Å². The van der Waals surface area contributed by atoms with E-state index < -0.39 is 47.4 Å². The monoisotopic (exact) mass is 656 g/mol. The number of ether oxygens (including phenoxy) is 3. The van der Waals surface area contributed by atoms with Crippen LogP contribution in [0.1, 0.15) is 56.0 Å². The van der Waals surface area contributed by atoms with E-state index in [9.17, 15) is 24.4 Å². The third kappa shape index (κ3) is 7.28. The lowest BCUT2D eigenvalue weighted by molar-refractivity contribution is -0.169. The topological polar surface area (TPSA) is 196 Å². The fourth-order valence-electron chi connectivity index (χ4n) is 5.16. The Morgan fingerprint density at radius 2 is 2.00 bits per heavy atom. The minimum atomic E-state index is -1.30. The molecule has 0 radical (unpaired) electrons. The van der Waals surface area contributed by atoms with Gasteiger partial charge < -0.3 is 30.5 Å². The highest BCUT2D eigenvalue weighted by Gasteiger charge is 2.54. The molecule has 3 aliphatic rings. The molecule has 45 heavy (non-hydrogen) atoms. The summed E-state index contributed by atoms with van der Waals surface area (Å²) in [6.45, 7) is 3.22. The second-order valence-electron chi connectivity index (χ2n) is 10.5. The van der Waals surface area contributed by atoms with Gasteiger partial charge in [-0.3, -0.25) is 19.5 Å². The first-order chi connectivity index (χ1) is 21.7. The van der Waals surface area contributed by atoms with Gasteiger partial charge in [0.05, 0.1) is 0 Å². The molecule has 2 amide bonds. The highest BCUT2D eigenvalue weighted by atomic mass is 32.2. The first-order valence-corrected chi connectivity index (χ1v) is 16.2. The summed E-state index contributed by atoms with van der Waals surface area (Å²) in [7, 11) is 0. The minimum absolute atomic E-state index is 0.0496. The van der Waals surface area contributed by atoms with Gasteiger partial charge in [-0.25, -0.2) is 14.6 Å². The van der Waals surface area contributed by atoms with E-state index in [2.05, 4.69) is 20.4 Å². The number of nitrogens with zero attached hydrogens (tertiary/aromatic N) is 4. The van der Waals surface area contributed by atoms with Crippen LogP contribution in [-0.2, 0) is 28.6 Å². The van der Waals surface area contributed by atoms with Gasteiger partial charge >= 0.3 is 12.1 Å². The lowest BCUT2D eigenvalue weighted by Gasteiger charge is -2.49. The van der Waals surface area contributed by atoms with Crippen LogP contribution >= 0.6 is 23.1 Å². The Labute approximate surface area is 266 Å². The molecule has 16 heteroatoms. The number of fused-ring (bicyclic) bond motifs is 1. The molecule has 14 nitrogen and oxygen atoms in total. The van der Waals surface area contributed by atoms with Crippen molar-refractivity contribution in [3.63, 3.8) is 0 Å². The Morgan fingerprint density at radius 1 is 1.22 bits per heavy atom.